The highest BCUT2D eigenvalue weighted by Gasteiger charge is 2.33. The summed E-state index contributed by atoms with van der Waals surface area (Å²) in [5.41, 5.74) is 3.67. The minimum absolute atomic E-state index is 0.0305. The second-order valence-corrected chi connectivity index (χ2v) is 6.92. The van der Waals surface area contributed by atoms with Crippen LogP contribution in [0.4, 0.5) is 0 Å². The monoisotopic (exact) mass is 340 g/mol. The van der Waals surface area contributed by atoms with Crippen LogP contribution in [-0.2, 0) is 12.8 Å². The second kappa shape index (κ2) is 6.54. The number of benzene rings is 1. The average molecular weight is 340 g/mol. The Hall–Kier alpha value is -2.30. The Balaban J connectivity index is 1.70. The molecule has 1 amide bonds. The van der Waals surface area contributed by atoms with Crippen LogP contribution in [0.5, 0.6) is 5.75 Å². The van der Waals surface area contributed by atoms with Gasteiger partial charge in [-0.25, -0.2) is 0 Å². The van der Waals surface area contributed by atoms with E-state index in [0.717, 1.165) is 61.3 Å². The van der Waals surface area contributed by atoms with Gasteiger partial charge in [-0.1, -0.05) is 18.1 Å². The molecule has 5 nitrogen and oxygen atoms in total. The zero-order valence-electron chi connectivity index (χ0n) is 14.9. The highest BCUT2D eigenvalue weighted by Crippen LogP contribution is 2.38. The van der Waals surface area contributed by atoms with Crippen molar-refractivity contribution in [3.63, 3.8) is 0 Å². The van der Waals surface area contributed by atoms with Gasteiger partial charge in [0.15, 0.2) is 11.5 Å². The third-order valence-electron chi connectivity index (χ3n) is 5.56. The summed E-state index contributed by atoms with van der Waals surface area (Å²) in [5.74, 6) is 1.55. The van der Waals surface area contributed by atoms with Gasteiger partial charge in [-0.2, -0.15) is 0 Å². The Morgan fingerprint density at radius 2 is 2.24 bits per heavy atom. The van der Waals surface area contributed by atoms with E-state index in [9.17, 15) is 4.79 Å². The van der Waals surface area contributed by atoms with E-state index in [4.69, 9.17) is 9.26 Å². The van der Waals surface area contributed by atoms with E-state index in [1.54, 1.807) is 7.11 Å². The molecule has 1 saturated heterocycles. The minimum atomic E-state index is 0.0305. The standard InChI is InChI=1S/C20H24N2O3/c1-3-14-6-4-5-11-22(14)20(23)18-16-10-8-13-7-9-15(24-2)12-17(13)19(16)25-21-18/h7,9,12,14H,3-6,8,10-11H2,1-2H3/t14-/m1/s1. The number of carbonyl (C=O) groups is 1. The van der Waals surface area contributed by atoms with Crippen LogP contribution >= 0.6 is 0 Å². The lowest BCUT2D eigenvalue weighted by Gasteiger charge is -2.34. The zero-order valence-corrected chi connectivity index (χ0v) is 14.9. The van der Waals surface area contributed by atoms with Gasteiger partial charge in [-0.05, 0) is 56.2 Å². The van der Waals surface area contributed by atoms with Crippen molar-refractivity contribution in [3.05, 3.63) is 35.0 Å². The molecule has 0 radical (unpaired) electrons. The van der Waals surface area contributed by atoms with Crippen molar-refractivity contribution in [3.8, 4) is 17.1 Å². The van der Waals surface area contributed by atoms with E-state index in [0.29, 0.717) is 11.7 Å². The quantitative estimate of drug-likeness (QED) is 0.851. The largest absolute Gasteiger partial charge is 0.497 e. The van der Waals surface area contributed by atoms with Gasteiger partial charge in [0, 0.05) is 23.7 Å². The molecule has 1 aromatic carbocycles. The molecule has 2 aliphatic rings. The van der Waals surface area contributed by atoms with Gasteiger partial charge in [-0.3, -0.25) is 4.79 Å². The fourth-order valence-electron chi connectivity index (χ4n) is 4.12. The van der Waals surface area contributed by atoms with E-state index in [2.05, 4.69) is 18.1 Å². The van der Waals surface area contributed by atoms with Gasteiger partial charge in [0.1, 0.15) is 5.75 Å². The van der Waals surface area contributed by atoms with Gasteiger partial charge < -0.3 is 14.2 Å². The first-order valence-corrected chi connectivity index (χ1v) is 9.19. The van der Waals surface area contributed by atoms with Crippen molar-refractivity contribution in [1.29, 1.82) is 0 Å². The molecular weight excluding hydrogens is 316 g/mol. The summed E-state index contributed by atoms with van der Waals surface area (Å²) in [6.45, 7) is 2.97. The number of ether oxygens (including phenoxy) is 1. The number of amides is 1. The van der Waals surface area contributed by atoms with Crippen molar-refractivity contribution >= 4 is 5.91 Å². The number of likely N-dealkylation sites (tertiary alicyclic amines) is 1. The zero-order chi connectivity index (χ0) is 17.4. The number of fused-ring (bicyclic) bond motifs is 3. The van der Waals surface area contributed by atoms with Crippen molar-refractivity contribution < 1.29 is 14.1 Å². The molecule has 1 aliphatic heterocycles. The highest BCUT2D eigenvalue weighted by molar-refractivity contribution is 5.96. The third kappa shape index (κ3) is 2.71. The van der Waals surface area contributed by atoms with Gasteiger partial charge in [-0.15, -0.1) is 0 Å². The summed E-state index contributed by atoms with van der Waals surface area (Å²) in [5, 5.41) is 4.19. The lowest BCUT2D eigenvalue weighted by Crippen LogP contribution is -2.43. The molecule has 1 aliphatic carbocycles. The molecule has 0 unspecified atom stereocenters. The lowest BCUT2D eigenvalue weighted by molar-refractivity contribution is 0.0596. The fraction of sp³-hybridized carbons (Fsp3) is 0.500. The van der Waals surface area contributed by atoms with Gasteiger partial charge >= 0.3 is 0 Å². The van der Waals surface area contributed by atoms with E-state index in [-0.39, 0.29) is 5.91 Å². The lowest BCUT2D eigenvalue weighted by atomic mass is 9.89. The summed E-state index contributed by atoms with van der Waals surface area (Å²) < 4.78 is 11.0. The maximum Gasteiger partial charge on any atom is 0.276 e. The van der Waals surface area contributed by atoms with Crippen LogP contribution in [-0.4, -0.2) is 35.7 Å². The molecule has 2 aromatic rings. The number of carbonyl (C=O) groups excluding carboxylic acids is 1. The SMILES string of the molecule is CC[C@@H]1CCCCN1C(=O)c1noc2c1CCc1ccc(OC)cc1-2. The maximum absolute atomic E-state index is 13.1. The number of piperidine rings is 1. The Morgan fingerprint density at radius 3 is 3.04 bits per heavy atom. The van der Waals surface area contributed by atoms with Crippen LogP contribution in [0.25, 0.3) is 11.3 Å². The van der Waals surface area contributed by atoms with Crippen LogP contribution in [0.3, 0.4) is 0 Å². The first-order chi connectivity index (χ1) is 12.2. The molecule has 4 rings (SSSR count). The average Bonchev–Trinajstić information content (AvgIpc) is 3.11. The summed E-state index contributed by atoms with van der Waals surface area (Å²) in [7, 11) is 1.65. The number of hydrogen-bond donors (Lipinski definition) is 0. The van der Waals surface area contributed by atoms with Crippen molar-refractivity contribution in [2.45, 2.75) is 51.5 Å². The molecule has 5 heteroatoms. The van der Waals surface area contributed by atoms with Crippen molar-refractivity contribution in [1.82, 2.24) is 10.1 Å². The van der Waals surface area contributed by atoms with Crippen LogP contribution in [0, 0.1) is 0 Å². The Bertz CT molecular complexity index is 796. The number of hydrogen-bond acceptors (Lipinski definition) is 4. The number of rotatable bonds is 3. The molecule has 25 heavy (non-hydrogen) atoms. The molecule has 0 saturated carbocycles. The van der Waals surface area contributed by atoms with Gasteiger partial charge in [0.25, 0.3) is 5.91 Å². The Labute approximate surface area is 147 Å². The molecule has 132 valence electrons. The van der Waals surface area contributed by atoms with Crippen LogP contribution in [0.15, 0.2) is 22.7 Å². The number of aryl methyl sites for hydroxylation is 1. The van der Waals surface area contributed by atoms with Gasteiger partial charge in [0.05, 0.1) is 7.11 Å². The van der Waals surface area contributed by atoms with E-state index in [1.165, 1.54) is 12.0 Å². The van der Waals surface area contributed by atoms with Crippen LogP contribution < -0.4 is 4.74 Å². The number of nitrogens with zero attached hydrogens (tertiary/aromatic N) is 2. The molecule has 0 N–H and O–H groups in total. The van der Waals surface area contributed by atoms with Crippen molar-refractivity contribution in [2.24, 2.45) is 0 Å². The number of aromatic nitrogens is 1. The van der Waals surface area contributed by atoms with Crippen LogP contribution in [0.1, 0.15) is 54.2 Å². The summed E-state index contributed by atoms with van der Waals surface area (Å²) in [6.07, 6.45) is 6.04. The molecular formula is C20H24N2O3. The second-order valence-electron chi connectivity index (χ2n) is 6.92. The Kier molecular flexibility index (Phi) is 4.24. The summed E-state index contributed by atoms with van der Waals surface area (Å²) >= 11 is 0. The minimum Gasteiger partial charge on any atom is -0.497 e. The normalized spacial score (nSPS) is 19.3. The molecule has 0 bridgehead atoms. The third-order valence-corrected chi connectivity index (χ3v) is 5.56. The summed E-state index contributed by atoms with van der Waals surface area (Å²) in [6, 6.07) is 6.33. The topological polar surface area (TPSA) is 55.6 Å². The Morgan fingerprint density at radius 1 is 1.36 bits per heavy atom. The maximum atomic E-state index is 13.1. The smallest absolute Gasteiger partial charge is 0.276 e. The van der Waals surface area contributed by atoms with Gasteiger partial charge in [0.2, 0.25) is 0 Å². The molecule has 1 fully saturated rings. The van der Waals surface area contributed by atoms with E-state index < -0.39 is 0 Å². The predicted octanol–water partition coefficient (Wildman–Crippen LogP) is 3.85. The number of methoxy groups -OCH3 is 1. The fourth-order valence-corrected chi connectivity index (χ4v) is 4.12. The van der Waals surface area contributed by atoms with E-state index >= 15 is 0 Å². The molecule has 2 heterocycles. The summed E-state index contributed by atoms with van der Waals surface area (Å²) in [4.78, 5) is 15.1. The predicted molar refractivity (Wildman–Crippen MR) is 94.9 cm³/mol. The first-order valence-electron chi connectivity index (χ1n) is 9.19. The molecule has 1 atom stereocenters. The first kappa shape index (κ1) is 16.2. The van der Waals surface area contributed by atoms with E-state index in [1.807, 2.05) is 17.0 Å². The molecule has 1 aromatic heterocycles. The van der Waals surface area contributed by atoms with Crippen LogP contribution in [0.2, 0.25) is 0 Å². The highest BCUT2D eigenvalue weighted by atomic mass is 16.5. The van der Waals surface area contributed by atoms with Crippen molar-refractivity contribution in [2.75, 3.05) is 13.7 Å². The molecule has 0 spiro atoms.